The van der Waals surface area contributed by atoms with Crippen molar-refractivity contribution in [1.29, 1.82) is 0 Å². The number of piperazine rings is 1. The van der Waals surface area contributed by atoms with E-state index in [0.29, 0.717) is 54.3 Å². The highest BCUT2D eigenvalue weighted by molar-refractivity contribution is 6.45. The van der Waals surface area contributed by atoms with E-state index in [1.165, 1.54) is 43.2 Å². The van der Waals surface area contributed by atoms with Crippen molar-refractivity contribution in [3.05, 3.63) is 55.0 Å². The Morgan fingerprint density at radius 2 is 1.97 bits per heavy atom. The lowest BCUT2D eigenvalue weighted by atomic mass is 10.1. The zero-order valence-corrected chi connectivity index (χ0v) is 19.5. The highest BCUT2D eigenvalue weighted by Crippen LogP contribution is 2.33. The molecule has 1 fully saturated rings. The Hall–Kier alpha value is -4.78. The molecule has 184 valence electrons. The van der Waals surface area contributed by atoms with Crippen molar-refractivity contribution < 1.29 is 14.3 Å². The quantitative estimate of drug-likeness (QED) is 0.150. The van der Waals surface area contributed by atoms with Crippen molar-refractivity contribution in [3.8, 4) is 5.75 Å². The van der Waals surface area contributed by atoms with Gasteiger partial charge in [0, 0.05) is 51.0 Å². The lowest BCUT2D eigenvalue weighted by molar-refractivity contribution is -0.126. The Kier molecular flexibility index (Phi) is 6.04. The van der Waals surface area contributed by atoms with Crippen LogP contribution < -0.4 is 26.2 Å². The number of aromatic nitrogens is 5. The van der Waals surface area contributed by atoms with E-state index in [4.69, 9.17) is 16.3 Å². The summed E-state index contributed by atoms with van der Waals surface area (Å²) in [5, 5.41) is 2.46. The van der Waals surface area contributed by atoms with Crippen LogP contribution >= 0.6 is 0 Å². The molecule has 1 amide bonds. The van der Waals surface area contributed by atoms with Crippen LogP contribution in [0.3, 0.4) is 0 Å². The molecule has 1 saturated heterocycles. The maximum atomic E-state index is 13.3. The van der Waals surface area contributed by atoms with E-state index in [0.717, 1.165) is 11.2 Å². The van der Waals surface area contributed by atoms with Crippen LogP contribution in [0.2, 0.25) is 0 Å². The van der Waals surface area contributed by atoms with Gasteiger partial charge in [-0.3, -0.25) is 14.6 Å². The summed E-state index contributed by atoms with van der Waals surface area (Å²) in [7, 11) is 1.46. The lowest BCUT2D eigenvalue weighted by Gasteiger charge is -2.35. The first-order chi connectivity index (χ1) is 17.5. The molecule has 36 heavy (non-hydrogen) atoms. The minimum atomic E-state index is -0.653. The highest BCUT2D eigenvalue weighted by Gasteiger charge is 2.31. The molecule has 4 aromatic heterocycles. The minimum absolute atomic E-state index is 0.177. The molecule has 5 N–H and O–H groups in total. The number of nitrogens with one attached hydrogen (secondary N) is 1. The fourth-order valence-corrected chi connectivity index (χ4v) is 4.31. The average Bonchev–Trinajstić information content (AvgIpc) is 3.37. The van der Waals surface area contributed by atoms with Gasteiger partial charge in [0.15, 0.2) is 11.5 Å². The molecule has 4 aromatic rings. The van der Waals surface area contributed by atoms with Crippen LogP contribution in [0.15, 0.2) is 49.5 Å². The number of ketones is 1. The third-order valence-electron chi connectivity index (χ3n) is 6.06. The van der Waals surface area contributed by atoms with Crippen LogP contribution in [0.1, 0.15) is 10.4 Å². The largest absolute Gasteiger partial charge is 0.494 e. The van der Waals surface area contributed by atoms with Crippen LogP contribution in [0.4, 0.5) is 11.6 Å². The first kappa shape index (κ1) is 23.0. The van der Waals surface area contributed by atoms with E-state index in [1.54, 1.807) is 11.1 Å². The Morgan fingerprint density at radius 1 is 1.17 bits per heavy atom. The Labute approximate surface area is 205 Å². The number of rotatable bonds is 6. The molecule has 0 atom stereocenters. The van der Waals surface area contributed by atoms with Gasteiger partial charge in [0.05, 0.1) is 35.2 Å². The molecule has 0 aliphatic carbocycles. The summed E-state index contributed by atoms with van der Waals surface area (Å²) < 4.78 is 5.41. The number of ether oxygens (including phenoxy) is 1. The van der Waals surface area contributed by atoms with E-state index >= 15 is 0 Å². The topological polar surface area (TPSA) is 172 Å². The van der Waals surface area contributed by atoms with Crippen LogP contribution in [0, 0.1) is 0 Å². The summed E-state index contributed by atoms with van der Waals surface area (Å²) in [4.78, 5) is 50.3. The predicted molar refractivity (Wildman–Crippen MR) is 133 cm³/mol. The van der Waals surface area contributed by atoms with Gasteiger partial charge in [-0.25, -0.2) is 25.8 Å². The zero-order valence-electron chi connectivity index (χ0n) is 19.5. The van der Waals surface area contributed by atoms with Crippen LogP contribution in [0.5, 0.6) is 5.75 Å². The van der Waals surface area contributed by atoms with Crippen LogP contribution in [-0.2, 0) is 4.79 Å². The Balaban J connectivity index is 1.37. The molecule has 1 aliphatic heterocycles. The van der Waals surface area contributed by atoms with Gasteiger partial charge in [0.25, 0.3) is 11.7 Å². The standard InChI is InChI=1S/C23H24N10O3/c1-36-16-12-28-22(33(25)6-4-24)18-17(16)15(11-27-18)19(34)23(35)32-9-7-31(8-10-32)21-14-3-2-5-26-20(14)29-13-30-21/h2-6,11-13,27H,7-10,24-25H2,1H3/b6-4-. The molecule has 0 aromatic carbocycles. The zero-order chi connectivity index (χ0) is 25.2. The van der Waals surface area contributed by atoms with Crippen molar-refractivity contribution in [2.75, 3.05) is 43.2 Å². The molecule has 13 nitrogen and oxygen atoms in total. The third kappa shape index (κ3) is 3.90. The number of carbonyl (C=O) groups is 2. The Morgan fingerprint density at radius 3 is 2.72 bits per heavy atom. The molecule has 5 rings (SSSR count). The molecule has 5 heterocycles. The van der Waals surface area contributed by atoms with E-state index in [9.17, 15) is 9.59 Å². The van der Waals surface area contributed by atoms with E-state index < -0.39 is 11.7 Å². The molecular formula is C23H24N10O3. The number of hydrogen-bond donors (Lipinski definition) is 3. The third-order valence-corrected chi connectivity index (χ3v) is 6.06. The van der Waals surface area contributed by atoms with Gasteiger partial charge >= 0.3 is 0 Å². The number of aromatic amines is 1. The average molecular weight is 489 g/mol. The fraction of sp³-hybridized carbons (Fsp3) is 0.217. The number of Topliss-reactive ketones (excluding diaryl/α,β-unsaturated/α-hetero) is 1. The SMILES string of the molecule is COc1cnc(N(N)/C=C\N)c2[nH]cc(C(=O)C(=O)N3CCN(c4ncnc5ncccc45)CC3)c12. The summed E-state index contributed by atoms with van der Waals surface area (Å²) >= 11 is 0. The van der Waals surface area contributed by atoms with Crippen LogP contribution in [-0.4, -0.2) is 74.8 Å². The molecule has 1 aliphatic rings. The smallest absolute Gasteiger partial charge is 0.295 e. The van der Waals surface area contributed by atoms with E-state index in [-0.39, 0.29) is 5.56 Å². The number of hydrazine groups is 1. The number of amides is 1. The maximum Gasteiger partial charge on any atom is 0.295 e. The van der Waals surface area contributed by atoms with Gasteiger partial charge in [0.2, 0.25) is 0 Å². The first-order valence-electron chi connectivity index (χ1n) is 11.1. The summed E-state index contributed by atoms with van der Waals surface area (Å²) in [6.45, 7) is 1.75. The molecule has 0 saturated carbocycles. The summed E-state index contributed by atoms with van der Waals surface area (Å²) in [5.74, 6) is 6.15. The van der Waals surface area contributed by atoms with Crippen molar-refractivity contribution in [3.63, 3.8) is 0 Å². The van der Waals surface area contributed by atoms with Gasteiger partial charge in [0.1, 0.15) is 17.9 Å². The number of carbonyl (C=O) groups excluding carboxylic acids is 2. The predicted octanol–water partition coefficient (Wildman–Crippen LogP) is 0.551. The molecule has 0 radical (unpaired) electrons. The molecule has 0 spiro atoms. The summed E-state index contributed by atoms with van der Waals surface area (Å²) in [5.41, 5.74) is 6.66. The number of fused-ring (bicyclic) bond motifs is 2. The number of hydrogen-bond acceptors (Lipinski definition) is 11. The van der Waals surface area contributed by atoms with E-state index in [1.807, 2.05) is 12.1 Å². The van der Waals surface area contributed by atoms with Gasteiger partial charge < -0.3 is 25.3 Å². The number of methoxy groups -OCH3 is 1. The molecule has 0 unspecified atom stereocenters. The number of nitrogens with zero attached hydrogens (tertiary/aromatic N) is 7. The van der Waals surface area contributed by atoms with Crippen molar-refractivity contribution >= 4 is 45.3 Å². The normalized spacial score (nSPS) is 14.1. The van der Waals surface area contributed by atoms with E-state index in [2.05, 4.69) is 29.8 Å². The highest BCUT2D eigenvalue weighted by atomic mass is 16.5. The second-order valence-corrected chi connectivity index (χ2v) is 8.03. The molecule has 0 bridgehead atoms. The summed E-state index contributed by atoms with van der Waals surface area (Å²) in [6.07, 6.45) is 8.74. The second-order valence-electron chi connectivity index (χ2n) is 8.03. The van der Waals surface area contributed by atoms with Crippen molar-refractivity contribution in [1.82, 2.24) is 29.8 Å². The molecular weight excluding hydrogens is 464 g/mol. The minimum Gasteiger partial charge on any atom is -0.494 e. The number of anilines is 2. The van der Waals surface area contributed by atoms with Gasteiger partial charge in [-0.05, 0) is 12.1 Å². The Bertz CT molecular complexity index is 1470. The molecule has 13 heteroatoms. The van der Waals surface area contributed by atoms with Gasteiger partial charge in [-0.2, -0.15) is 0 Å². The van der Waals surface area contributed by atoms with Gasteiger partial charge in [-0.1, -0.05) is 0 Å². The lowest BCUT2D eigenvalue weighted by Crippen LogP contribution is -2.51. The number of nitrogens with two attached hydrogens (primary N) is 2. The monoisotopic (exact) mass is 488 g/mol. The number of pyridine rings is 2. The number of H-pyrrole nitrogens is 1. The van der Waals surface area contributed by atoms with Crippen LogP contribution in [0.25, 0.3) is 21.9 Å². The van der Waals surface area contributed by atoms with Crippen molar-refractivity contribution in [2.24, 2.45) is 11.6 Å². The maximum absolute atomic E-state index is 13.3. The summed E-state index contributed by atoms with van der Waals surface area (Å²) in [6, 6.07) is 3.75. The van der Waals surface area contributed by atoms with Gasteiger partial charge in [-0.15, -0.1) is 0 Å². The fourth-order valence-electron chi connectivity index (χ4n) is 4.31. The second kappa shape index (κ2) is 9.46. The first-order valence-corrected chi connectivity index (χ1v) is 11.1. The van der Waals surface area contributed by atoms with Crippen molar-refractivity contribution in [2.45, 2.75) is 0 Å².